The van der Waals surface area contributed by atoms with Crippen LogP contribution in [-0.2, 0) is 21.2 Å². The molecule has 1 heterocycles. The van der Waals surface area contributed by atoms with E-state index in [2.05, 4.69) is 0 Å². The van der Waals surface area contributed by atoms with Gasteiger partial charge in [-0.15, -0.1) is 0 Å². The zero-order valence-electron chi connectivity index (χ0n) is 15.2. The highest BCUT2D eigenvalue weighted by Crippen LogP contribution is 2.44. The van der Waals surface area contributed by atoms with Crippen molar-refractivity contribution in [1.82, 2.24) is 5.06 Å². The number of benzene rings is 2. The number of rotatable bonds is 3. The SMILES string of the molecule is O=C1c2ccccc2C(=O)N1OC(=O)C1(c2cccc(C(F)(F)F)c2)CCCC1. The van der Waals surface area contributed by atoms with Gasteiger partial charge in [-0.2, -0.15) is 13.2 Å². The molecule has 0 aromatic heterocycles. The lowest BCUT2D eigenvalue weighted by molar-refractivity contribution is -0.176. The highest BCUT2D eigenvalue weighted by molar-refractivity contribution is 6.21. The van der Waals surface area contributed by atoms with E-state index in [1.54, 1.807) is 12.1 Å². The average Bonchev–Trinajstić information content (AvgIpc) is 3.29. The molecule has 0 bridgehead atoms. The summed E-state index contributed by atoms with van der Waals surface area (Å²) < 4.78 is 39.4. The van der Waals surface area contributed by atoms with E-state index >= 15 is 0 Å². The van der Waals surface area contributed by atoms with Gasteiger partial charge in [0, 0.05) is 0 Å². The first-order valence-corrected chi connectivity index (χ1v) is 9.12. The smallest absolute Gasteiger partial charge is 0.329 e. The van der Waals surface area contributed by atoms with Gasteiger partial charge in [-0.05, 0) is 36.6 Å². The van der Waals surface area contributed by atoms with E-state index < -0.39 is 34.9 Å². The predicted molar refractivity (Wildman–Crippen MR) is 94.6 cm³/mol. The van der Waals surface area contributed by atoms with Crippen LogP contribution in [0.4, 0.5) is 13.2 Å². The Kier molecular flexibility index (Phi) is 4.44. The van der Waals surface area contributed by atoms with Crippen molar-refractivity contribution in [1.29, 1.82) is 0 Å². The minimum absolute atomic E-state index is 0.116. The summed E-state index contributed by atoms with van der Waals surface area (Å²) in [6.45, 7) is 0. The van der Waals surface area contributed by atoms with Crippen LogP contribution in [0.3, 0.4) is 0 Å². The van der Waals surface area contributed by atoms with Gasteiger partial charge in [-0.1, -0.05) is 48.2 Å². The molecule has 1 saturated carbocycles. The van der Waals surface area contributed by atoms with Crippen molar-refractivity contribution < 1.29 is 32.4 Å². The van der Waals surface area contributed by atoms with Crippen LogP contribution in [0.25, 0.3) is 0 Å². The summed E-state index contributed by atoms with van der Waals surface area (Å²) in [5.74, 6) is -2.43. The maximum atomic E-state index is 13.1. The molecule has 0 saturated heterocycles. The molecular formula is C21H16F3NO4. The Hall–Kier alpha value is -3.16. The maximum Gasteiger partial charge on any atom is 0.416 e. The van der Waals surface area contributed by atoms with Gasteiger partial charge in [0.25, 0.3) is 11.8 Å². The predicted octanol–water partition coefficient (Wildman–Crippen LogP) is 4.27. The van der Waals surface area contributed by atoms with E-state index in [-0.39, 0.29) is 29.5 Å². The second-order valence-corrected chi connectivity index (χ2v) is 7.20. The van der Waals surface area contributed by atoms with Gasteiger partial charge in [0.05, 0.1) is 22.1 Å². The molecule has 1 fully saturated rings. The van der Waals surface area contributed by atoms with Gasteiger partial charge in [-0.25, -0.2) is 4.79 Å². The van der Waals surface area contributed by atoms with E-state index in [4.69, 9.17) is 4.84 Å². The summed E-state index contributed by atoms with van der Waals surface area (Å²) in [4.78, 5) is 43.2. The highest BCUT2D eigenvalue weighted by Gasteiger charge is 2.48. The fraction of sp³-hybridized carbons (Fsp3) is 0.286. The summed E-state index contributed by atoms with van der Waals surface area (Å²) in [5.41, 5.74) is -1.80. The second kappa shape index (κ2) is 6.72. The third kappa shape index (κ3) is 3.08. The summed E-state index contributed by atoms with van der Waals surface area (Å²) in [7, 11) is 0. The number of hydroxylamine groups is 2. The second-order valence-electron chi connectivity index (χ2n) is 7.20. The van der Waals surface area contributed by atoms with Crippen molar-refractivity contribution in [3.8, 4) is 0 Å². The monoisotopic (exact) mass is 403 g/mol. The average molecular weight is 403 g/mol. The van der Waals surface area contributed by atoms with Crippen LogP contribution in [0.15, 0.2) is 48.5 Å². The Morgan fingerprint density at radius 3 is 2.07 bits per heavy atom. The first-order chi connectivity index (χ1) is 13.7. The number of hydrogen-bond donors (Lipinski definition) is 0. The lowest BCUT2D eigenvalue weighted by Gasteiger charge is -2.29. The number of nitrogens with zero attached hydrogens (tertiary/aromatic N) is 1. The maximum absolute atomic E-state index is 13.1. The molecule has 0 unspecified atom stereocenters. The molecular weight excluding hydrogens is 387 g/mol. The van der Waals surface area contributed by atoms with Crippen LogP contribution in [0.5, 0.6) is 0 Å². The number of halogens is 3. The molecule has 0 radical (unpaired) electrons. The van der Waals surface area contributed by atoms with Crippen molar-refractivity contribution in [3.05, 3.63) is 70.8 Å². The molecule has 29 heavy (non-hydrogen) atoms. The van der Waals surface area contributed by atoms with E-state index in [9.17, 15) is 27.6 Å². The number of carbonyl (C=O) groups is 3. The molecule has 150 valence electrons. The van der Waals surface area contributed by atoms with Gasteiger partial charge >= 0.3 is 12.1 Å². The molecule has 1 aliphatic heterocycles. The first kappa shape index (κ1) is 19.2. The molecule has 4 rings (SSSR count). The molecule has 2 aliphatic rings. The minimum atomic E-state index is -4.55. The fourth-order valence-electron chi connectivity index (χ4n) is 4.00. The first-order valence-electron chi connectivity index (χ1n) is 9.12. The lowest BCUT2D eigenvalue weighted by Crippen LogP contribution is -2.42. The van der Waals surface area contributed by atoms with Gasteiger partial charge in [-0.3, -0.25) is 9.59 Å². The molecule has 8 heteroatoms. The number of hydrogen-bond acceptors (Lipinski definition) is 4. The van der Waals surface area contributed by atoms with Crippen LogP contribution >= 0.6 is 0 Å². The van der Waals surface area contributed by atoms with Crippen LogP contribution in [0, 0.1) is 0 Å². The number of alkyl halides is 3. The standard InChI is InChI=1S/C21H16F3NO4/c22-21(23,24)14-7-5-6-13(12-14)20(10-3-4-11-20)19(28)29-25-17(26)15-8-1-2-9-16(15)18(25)27/h1-2,5-9,12H,3-4,10-11H2. The van der Waals surface area contributed by atoms with E-state index in [1.807, 2.05) is 0 Å². The normalized spacial score (nSPS) is 18.1. The van der Waals surface area contributed by atoms with Crippen LogP contribution in [0.1, 0.15) is 57.5 Å². The van der Waals surface area contributed by atoms with Crippen LogP contribution in [0.2, 0.25) is 0 Å². The molecule has 2 aromatic rings. The third-order valence-electron chi connectivity index (χ3n) is 5.52. The largest absolute Gasteiger partial charge is 0.416 e. The van der Waals surface area contributed by atoms with E-state index in [0.717, 1.165) is 12.1 Å². The quantitative estimate of drug-likeness (QED) is 0.718. The molecule has 0 atom stereocenters. The molecule has 0 N–H and O–H groups in total. The van der Waals surface area contributed by atoms with Gasteiger partial charge in [0.1, 0.15) is 0 Å². The Balaban J connectivity index is 1.66. The molecule has 1 aliphatic carbocycles. The van der Waals surface area contributed by atoms with E-state index in [1.165, 1.54) is 24.3 Å². The molecule has 2 amide bonds. The Labute approximate surface area is 164 Å². The van der Waals surface area contributed by atoms with Crippen LogP contribution in [-0.4, -0.2) is 22.8 Å². The Morgan fingerprint density at radius 2 is 1.52 bits per heavy atom. The summed E-state index contributed by atoms with van der Waals surface area (Å²) in [5, 5.41) is 0.403. The molecule has 5 nitrogen and oxygen atoms in total. The number of amides is 2. The number of carbonyl (C=O) groups excluding carboxylic acids is 3. The van der Waals surface area contributed by atoms with Crippen molar-refractivity contribution in [3.63, 3.8) is 0 Å². The van der Waals surface area contributed by atoms with Gasteiger partial charge < -0.3 is 4.84 Å². The van der Waals surface area contributed by atoms with Crippen molar-refractivity contribution in [2.75, 3.05) is 0 Å². The van der Waals surface area contributed by atoms with Crippen molar-refractivity contribution in [2.45, 2.75) is 37.3 Å². The zero-order chi connectivity index (χ0) is 20.8. The lowest BCUT2D eigenvalue weighted by atomic mass is 9.78. The summed E-state index contributed by atoms with van der Waals surface area (Å²) in [6.07, 6.45) is -2.77. The zero-order valence-corrected chi connectivity index (χ0v) is 15.2. The summed E-state index contributed by atoms with van der Waals surface area (Å²) >= 11 is 0. The highest BCUT2D eigenvalue weighted by atomic mass is 19.4. The van der Waals surface area contributed by atoms with Gasteiger partial charge in [0.15, 0.2) is 0 Å². The minimum Gasteiger partial charge on any atom is -0.329 e. The Bertz CT molecular complexity index is 974. The Morgan fingerprint density at radius 1 is 0.931 bits per heavy atom. The van der Waals surface area contributed by atoms with Crippen molar-refractivity contribution in [2.24, 2.45) is 0 Å². The van der Waals surface area contributed by atoms with E-state index in [0.29, 0.717) is 17.9 Å². The van der Waals surface area contributed by atoms with Crippen molar-refractivity contribution >= 4 is 17.8 Å². The summed E-state index contributed by atoms with van der Waals surface area (Å²) in [6, 6.07) is 10.6. The number of fused-ring (bicyclic) bond motifs is 1. The van der Waals surface area contributed by atoms with Gasteiger partial charge in [0.2, 0.25) is 0 Å². The molecule has 0 spiro atoms. The third-order valence-corrected chi connectivity index (χ3v) is 5.52. The topological polar surface area (TPSA) is 63.7 Å². The number of imide groups is 1. The van der Waals surface area contributed by atoms with Crippen LogP contribution < -0.4 is 0 Å². The molecule has 2 aromatic carbocycles. The fourth-order valence-corrected chi connectivity index (χ4v) is 4.00.